The van der Waals surface area contributed by atoms with E-state index in [1.54, 1.807) is 0 Å². The van der Waals surface area contributed by atoms with Gasteiger partial charge in [-0.05, 0) is 217 Å². The van der Waals surface area contributed by atoms with Crippen LogP contribution in [0.2, 0.25) is 0 Å². The Kier molecular flexibility index (Phi) is 14.6. The maximum absolute atomic E-state index is 11.4. The molecule has 0 spiro atoms. The quantitative estimate of drug-likeness (QED) is 0.0887. The highest BCUT2D eigenvalue weighted by Crippen LogP contribution is 2.49. The van der Waals surface area contributed by atoms with E-state index in [0.29, 0.717) is 111 Å². The van der Waals surface area contributed by atoms with E-state index in [1.807, 2.05) is 4.90 Å². The van der Waals surface area contributed by atoms with Gasteiger partial charge < -0.3 is 58.3 Å². The molecule has 0 saturated carbocycles. The van der Waals surface area contributed by atoms with Crippen molar-refractivity contribution in [3.63, 3.8) is 0 Å². The highest BCUT2D eigenvalue weighted by atomic mass is 16.5. The Hall–Kier alpha value is -5.04. The monoisotopic (exact) mass is 1320 g/mol. The summed E-state index contributed by atoms with van der Waals surface area (Å²) in [6.45, 7) is 8.47. The smallest absolute Gasteiger partial charge is 0.161 e. The molecule has 4 fully saturated rings. The molecular weight excluding hydrogens is 1170 g/mol. The fourth-order valence-electron chi connectivity index (χ4n) is 14.3. The average Bonchev–Trinajstić information content (AvgIpc) is 0.665. The molecule has 8 aliphatic heterocycles. The number of hydrogen-bond donors (Lipinski definition) is 4. The molecule has 4 aromatic carbocycles. The van der Waals surface area contributed by atoms with Crippen LogP contribution >= 0.6 is 0 Å². The van der Waals surface area contributed by atoms with Gasteiger partial charge in [-0.25, -0.2) is 0 Å². The van der Waals surface area contributed by atoms with Crippen molar-refractivity contribution in [2.24, 2.45) is 46.8 Å². The van der Waals surface area contributed by atoms with Crippen LogP contribution in [0.25, 0.3) is 0 Å². The molecule has 4 aromatic rings. The van der Waals surface area contributed by atoms with Crippen molar-refractivity contribution in [1.29, 1.82) is 0 Å². The number of benzene rings is 4. The number of fused-ring (bicyclic) bond motifs is 12. The van der Waals surface area contributed by atoms with E-state index in [2.05, 4.69) is 51.3 Å². The minimum atomic E-state index is -3.85. The van der Waals surface area contributed by atoms with Gasteiger partial charge in [0.25, 0.3) is 0 Å². The summed E-state index contributed by atoms with van der Waals surface area (Å²) in [5, 5.41) is 43.7. The van der Waals surface area contributed by atoms with Crippen LogP contribution in [-0.4, -0.2) is 174 Å². The van der Waals surface area contributed by atoms with Crippen LogP contribution in [0.4, 0.5) is 0 Å². The number of aliphatic hydroxyl groups is 4. The maximum Gasteiger partial charge on any atom is 0.161 e. The third kappa shape index (κ3) is 17.0. The molecule has 16 heteroatoms. The Morgan fingerprint density at radius 3 is 1.09 bits per heavy atom. The largest absolute Gasteiger partial charge is 0.493 e. The summed E-state index contributed by atoms with van der Waals surface area (Å²) in [6.07, 6.45) is -8.11. The number of piperidine rings is 4. The SMILES string of the molecule is [2H]c1c2c(c([2H])c(OC([2H])([2H])[2H])c1OC)C1([2H])CC(O)C(CC(C)C)CN1CC2.[2H]c1c2c(c([2H])c(OC([2H])([2H])[2H])c1OC)C1N(CC2)CC([2H])(C([2H])([2H])C(C)(C([2H])([2H])[2H])C([2H])([2H])[2H])C([2H])(O)C1([2H])[2H].[2H]c1c2c(c([2H])c(OC)c1OC)C1([2H])CC(O)C(CC(C)C)CN1CC2.[2H]c1c2c(c([2H])c(OC)c1OC)C1([2H])CC(O)C(CC(C)C)CN1CC2. The van der Waals surface area contributed by atoms with Crippen molar-refractivity contribution in [2.75, 3.05) is 109 Å². The molecule has 8 aliphatic rings. The van der Waals surface area contributed by atoms with Gasteiger partial charge in [-0.2, -0.15) is 0 Å². The van der Waals surface area contributed by atoms with Crippen LogP contribution in [0.3, 0.4) is 0 Å². The van der Waals surface area contributed by atoms with E-state index in [9.17, 15) is 21.8 Å². The normalized spacial score (nSPS) is 37.2. The second-order valence-corrected chi connectivity index (χ2v) is 26.8. The van der Waals surface area contributed by atoms with Crippen molar-refractivity contribution in [3.8, 4) is 46.0 Å². The molecule has 0 radical (unpaired) electrons. The topological polar surface area (TPSA) is 168 Å². The third-order valence-electron chi connectivity index (χ3n) is 18.5. The standard InChI is InChI=1S/C20H31NO3.3C19H29NO3/c1-20(2,3)11-14-12-21-7-6-13-8-18(23-4)19(24-5)9-15(13)16(21)10-17(14)22;3*1-12(2)7-14-11-20-6-5-13-8-18(22-3)19(23-4)9-15(13)16(20)10-17(14)21/h8-9,14,16-17,22H,6-7,10-12H2,1-5H3;3*8-9,12,14,16-17,21H,5-7,10-11H2,1-4H3/i1D3,2D3,5D3,8D,9D,10D2,11D2,14D,17D;4D3,8D,9D,16D;2*8D,9D,16D. The summed E-state index contributed by atoms with van der Waals surface area (Å²) in [4.78, 5) is 7.15. The van der Waals surface area contributed by atoms with Gasteiger partial charge in [0.2, 0.25) is 0 Å². The van der Waals surface area contributed by atoms with Crippen LogP contribution in [0, 0.1) is 46.8 Å². The van der Waals surface area contributed by atoms with Crippen LogP contribution in [0.1, 0.15) is 222 Å². The van der Waals surface area contributed by atoms with Crippen molar-refractivity contribution < 1.29 is 98.1 Å². The van der Waals surface area contributed by atoms with Gasteiger partial charge in [0.15, 0.2) is 46.0 Å². The van der Waals surface area contributed by atoms with E-state index >= 15 is 0 Å². The van der Waals surface area contributed by atoms with Crippen LogP contribution in [-0.2, 0) is 25.7 Å². The minimum absolute atomic E-state index is 0.000907. The molecule has 4 N–H and O–H groups in total. The Bertz CT molecular complexity index is 4350. The van der Waals surface area contributed by atoms with Gasteiger partial charge in [0.05, 0.1) is 106 Å². The van der Waals surface area contributed by atoms with Crippen LogP contribution in [0.5, 0.6) is 46.0 Å². The zero-order chi connectivity index (χ0) is 92.3. The number of hydrogen-bond acceptors (Lipinski definition) is 16. The Morgan fingerprint density at radius 1 is 0.473 bits per heavy atom. The Labute approximate surface area is 599 Å². The van der Waals surface area contributed by atoms with Gasteiger partial charge in [-0.3, -0.25) is 19.6 Å². The van der Waals surface area contributed by atoms with Gasteiger partial charge >= 0.3 is 0 Å². The Balaban J connectivity index is 0.000000188. The molecule has 0 aliphatic carbocycles. The zero-order valence-electron chi connectivity index (χ0n) is 85.3. The summed E-state index contributed by atoms with van der Waals surface area (Å²) in [6, 6.07) is -6.57. The number of ether oxygens (including phenoxy) is 8. The second-order valence-electron chi connectivity index (χ2n) is 26.8. The molecular formula is C77H118N4O12. The predicted octanol–water partition coefficient (Wildman–Crippen LogP) is 12.5. The van der Waals surface area contributed by atoms with Crippen molar-refractivity contribution in [3.05, 3.63) is 92.8 Å². The van der Waals surface area contributed by atoms with Crippen molar-refractivity contribution in [2.45, 2.75) is 188 Å². The van der Waals surface area contributed by atoms with Crippen molar-refractivity contribution >= 4 is 0 Å². The van der Waals surface area contributed by atoms with Crippen LogP contribution in [0.15, 0.2) is 48.3 Å². The highest BCUT2D eigenvalue weighted by molar-refractivity contribution is 5.53. The summed E-state index contributed by atoms with van der Waals surface area (Å²) >= 11 is 0. The lowest BCUT2D eigenvalue weighted by Gasteiger charge is -2.47. The summed E-state index contributed by atoms with van der Waals surface area (Å²) in [5.74, 6) is -2.44. The highest BCUT2D eigenvalue weighted by Gasteiger charge is 2.44. The van der Waals surface area contributed by atoms with E-state index in [-0.39, 0.29) is 137 Å². The summed E-state index contributed by atoms with van der Waals surface area (Å²) in [7, 11) is 2.30. The predicted molar refractivity (Wildman–Crippen MR) is 369 cm³/mol. The lowest BCUT2D eigenvalue weighted by molar-refractivity contribution is -0.0259. The van der Waals surface area contributed by atoms with E-state index in [1.165, 1.54) is 35.5 Å². The number of methoxy groups -OCH3 is 8. The van der Waals surface area contributed by atoms with E-state index in [4.69, 9.17) is 76.3 Å². The van der Waals surface area contributed by atoms with Crippen molar-refractivity contribution in [1.82, 2.24) is 19.6 Å². The molecule has 0 bridgehead atoms. The molecule has 12 atom stereocenters. The van der Waals surface area contributed by atoms with E-state index < -0.39 is 130 Å². The number of rotatable bonds is 15. The molecule has 12 rings (SSSR count). The van der Waals surface area contributed by atoms with Crippen LogP contribution < -0.4 is 37.9 Å². The molecule has 518 valence electrons. The van der Waals surface area contributed by atoms with Gasteiger partial charge in [0.1, 0.15) is 0 Å². The fraction of sp³-hybridized carbons (Fsp3) is 0.688. The zero-order valence-corrected chi connectivity index (χ0v) is 56.3. The Morgan fingerprint density at radius 2 is 0.774 bits per heavy atom. The fourth-order valence-corrected chi connectivity index (χ4v) is 14.3. The maximum atomic E-state index is 11.4. The molecule has 0 aromatic heterocycles. The van der Waals surface area contributed by atoms with Gasteiger partial charge in [-0.1, -0.05) is 62.2 Å². The lowest BCUT2D eigenvalue weighted by Crippen LogP contribution is -2.48. The summed E-state index contributed by atoms with van der Waals surface area (Å²) in [5.41, 5.74) is -0.649. The number of aliphatic hydroxyl groups excluding tert-OH is 3. The average molecular weight is 1320 g/mol. The lowest BCUT2D eigenvalue weighted by atomic mass is 9.75. The first-order valence-electron chi connectivity index (χ1n) is 47.0. The number of nitrogens with zero attached hydrogens (tertiary/aromatic N) is 4. The first-order chi connectivity index (χ1) is 55.9. The van der Waals surface area contributed by atoms with Gasteiger partial charge in [-0.15, -0.1) is 0 Å². The first-order valence-corrected chi connectivity index (χ1v) is 32.5. The first kappa shape index (κ1) is 42.6. The molecule has 16 nitrogen and oxygen atoms in total. The second kappa shape index (κ2) is 31.9. The van der Waals surface area contributed by atoms with Gasteiger partial charge in [0, 0.05) is 91.5 Å². The third-order valence-corrected chi connectivity index (χ3v) is 18.5. The molecule has 0 amide bonds. The van der Waals surface area contributed by atoms with E-state index in [0.717, 1.165) is 31.3 Å². The molecule has 12 unspecified atom stereocenters. The molecule has 93 heavy (non-hydrogen) atoms. The summed E-state index contributed by atoms with van der Waals surface area (Å²) < 4.78 is 283. The minimum Gasteiger partial charge on any atom is -0.493 e. The molecule has 4 saturated heterocycles. The molecule has 8 heterocycles.